The molecule has 0 aromatic carbocycles. The number of nitrogens with zero attached hydrogens (tertiary/aromatic N) is 3. The average Bonchev–Trinajstić information content (AvgIpc) is 2.87. The van der Waals surface area contributed by atoms with E-state index >= 15 is 0 Å². The quantitative estimate of drug-likeness (QED) is 0.652. The molecule has 19 heavy (non-hydrogen) atoms. The third kappa shape index (κ3) is 2.80. The van der Waals surface area contributed by atoms with Crippen molar-refractivity contribution in [2.24, 2.45) is 0 Å². The van der Waals surface area contributed by atoms with Crippen LogP contribution in [0.15, 0.2) is 55.0 Å². The van der Waals surface area contributed by atoms with Gasteiger partial charge in [-0.25, -0.2) is 9.97 Å². The van der Waals surface area contributed by atoms with Gasteiger partial charge in [0, 0.05) is 31.4 Å². The molecule has 3 nitrogen and oxygen atoms in total. The van der Waals surface area contributed by atoms with Crippen LogP contribution in [0.4, 0.5) is 0 Å². The lowest BCUT2D eigenvalue weighted by molar-refractivity contribution is 0.982. The number of imidazole rings is 1. The lowest BCUT2D eigenvalue weighted by Crippen LogP contribution is -1.83. The van der Waals surface area contributed by atoms with Crippen molar-refractivity contribution < 1.29 is 0 Å². The molecule has 3 heterocycles. The Bertz CT molecular complexity index is 700. The summed E-state index contributed by atoms with van der Waals surface area (Å²) in [5, 5.41) is 0. The van der Waals surface area contributed by atoms with Crippen LogP contribution in [0, 0.1) is 11.8 Å². The highest BCUT2D eigenvalue weighted by molar-refractivity contribution is 5.39. The van der Waals surface area contributed by atoms with Gasteiger partial charge in [0.05, 0.1) is 5.69 Å². The summed E-state index contributed by atoms with van der Waals surface area (Å²) in [6.07, 6.45) is 7.47. The molecule has 0 fully saturated rings. The summed E-state index contributed by atoms with van der Waals surface area (Å²) in [6, 6.07) is 11.7. The molecule has 0 spiro atoms. The second kappa shape index (κ2) is 5.36. The van der Waals surface area contributed by atoms with Gasteiger partial charge in [-0.3, -0.25) is 0 Å². The minimum atomic E-state index is 0.792. The Morgan fingerprint density at radius 2 is 2.05 bits per heavy atom. The maximum absolute atomic E-state index is 4.54. The van der Waals surface area contributed by atoms with Crippen molar-refractivity contribution in [1.29, 1.82) is 0 Å². The number of rotatable bonds is 2. The summed E-state index contributed by atoms with van der Waals surface area (Å²) in [7, 11) is 0. The van der Waals surface area contributed by atoms with Gasteiger partial charge in [0.2, 0.25) is 0 Å². The third-order valence-electron chi connectivity index (χ3n) is 2.80. The third-order valence-corrected chi connectivity index (χ3v) is 2.80. The normalized spacial score (nSPS) is 10.1. The van der Waals surface area contributed by atoms with Crippen molar-refractivity contribution in [1.82, 2.24) is 14.4 Å². The number of fused-ring (bicyclic) bond motifs is 1. The summed E-state index contributed by atoms with van der Waals surface area (Å²) in [5.41, 5.74) is 2.87. The minimum absolute atomic E-state index is 0.792. The second-order valence-electron chi connectivity index (χ2n) is 4.22. The van der Waals surface area contributed by atoms with Gasteiger partial charge in [-0.05, 0) is 30.2 Å². The number of aryl methyl sites for hydroxylation is 1. The zero-order valence-electron chi connectivity index (χ0n) is 10.5. The molecule has 0 aliphatic rings. The van der Waals surface area contributed by atoms with E-state index in [1.165, 1.54) is 0 Å². The Hall–Kier alpha value is -2.60. The molecule has 0 radical (unpaired) electrons. The van der Waals surface area contributed by atoms with Crippen molar-refractivity contribution in [3.8, 4) is 11.8 Å². The van der Waals surface area contributed by atoms with Crippen molar-refractivity contribution in [2.75, 3.05) is 0 Å². The fourth-order valence-electron chi connectivity index (χ4n) is 1.89. The SMILES string of the molecule is C(#Cc1ccccn1)CCc1cn2ccccc2n1. The van der Waals surface area contributed by atoms with E-state index in [1.54, 1.807) is 6.20 Å². The molecule has 0 bridgehead atoms. The van der Waals surface area contributed by atoms with Gasteiger partial charge < -0.3 is 4.40 Å². The highest BCUT2D eigenvalue weighted by Crippen LogP contribution is 2.06. The van der Waals surface area contributed by atoms with E-state index in [-0.39, 0.29) is 0 Å². The van der Waals surface area contributed by atoms with Crippen LogP contribution in [0.2, 0.25) is 0 Å². The molecular formula is C16H13N3. The Morgan fingerprint density at radius 1 is 1.11 bits per heavy atom. The second-order valence-corrected chi connectivity index (χ2v) is 4.22. The van der Waals surface area contributed by atoms with Gasteiger partial charge >= 0.3 is 0 Å². The maximum atomic E-state index is 4.54. The number of hydrogen-bond donors (Lipinski definition) is 0. The monoisotopic (exact) mass is 247 g/mol. The molecule has 3 rings (SSSR count). The number of aromatic nitrogens is 3. The summed E-state index contributed by atoms with van der Waals surface area (Å²) < 4.78 is 2.03. The van der Waals surface area contributed by atoms with Gasteiger partial charge in [0.15, 0.2) is 0 Å². The van der Waals surface area contributed by atoms with Gasteiger partial charge in [-0.2, -0.15) is 0 Å². The smallest absolute Gasteiger partial charge is 0.136 e. The molecule has 3 heteroatoms. The Morgan fingerprint density at radius 3 is 2.89 bits per heavy atom. The average molecular weight is 247 g/mol. The molecule has 0 saturated heterocycles. The van der Waals surface area contributed by atoms with Crippen molar-refractivity contribution in [2.45, 2.75) is 12.8 Å². The van der Waals surface area contributed by atoms with E-state index in [2.05, 4.69) is 28.0 Å². The topological polar surface area (TPSA) is 30.2 Å². The van der Waals surface area contributed by atoms with Gasteiger partial charge in [-0.15, -0.1) is 0 Å². The van der Waals surface area contributed by atoms with Gasteiger partial charge in [0.1, 0.15) is 11.3 Å². The van der Waals surface area contributed by atoms with Crippen LogP contribution in [0.3, 0.4) is 0 Å². The first-order valence-corrected chi connectivity index (χ1v) is 6.24. The number of hydrogen-bond acceptors (Lipinski definition) is 2. The summed E-state index contributed by atoms with van der Waals surface area (Å²) >= 11 is 0. The van der Waals surface area contributed by atoms with E-state index in [9.17, 15) is 0 Å². The first-order chi connectivity index (χ1) is 9.42. The summed E-state index contributed by atoms with van der Waals surface area (Å²) in [4.78, 5) is 8.70. The molecule has 0 saturated carbocycles. The van der Waals surface area contributed by atoms with E-state index in [1.807, 2.05) is 47.0 Å². The van der Waals surface area contributed by atoms with E-state index in [0.717, 1.165) is 29.9 Å². The minimum Gasteiger partial charge on any atom is -0.307 e. The van der Waals surface area contributed by atoms with Crippen LogP contribution in [0.25, 0.3) is 5.65 Å². The van der Waals surface area contributed by atoms with Crippen molar-refractivity contribution >= 4 is 5.65 Å². The molecule has 0 N–H and O–H groups in total. The lowest BCUT2D eigenvalue weighted by Gasteiger charge is -1.88. The fraction of sp³-hybridized carbons (Fsp3) is 0.125. The van der Waals surface area contributed by atoms with Crippen LogP contribution in [-0.2, 0) is 6.42 Å². The first-order valence-electron chi connectivity index (χ1n) is 6.24. The zero-order valence-corrected chi connectivity index (χ0v) is 10.5. The highest BCUT2D eigenvalue weighted by atomic mass is 15.0. The molecule has 0 aliphatic carbocycles. The van der Waals surface area contributed by atoms with Crippen LogP contribution in [0.5, 0.6) is 0 Å². The van der Waals surface area contributed by atoms with Gasteiger partial charge in [-0.1, -0.05) is 18.1 Å². The zero-order chi connectivity index (χ0) is 12.9. The highest BCUT2D eigenvalue weighted by Gasteiger charge is 1.98. The molecule has 0 unspecified atom stereocenters. The first kappa shape index (κ1) is 11.5. The van der Waals surface area contributed by atoms with E-state index < -0.39 is 0 Å². The van der Waals surface area contributed by atoms with E-state index in [4.69, 9.17) is 0 Å². The van der Waals surface area contributed by atoms with Gasteiger partial charge in [0.25, 0.3) is 0 Å². The summed E-state index contributed by atoms with van der Waals surface area (Å²) in [6.45, 7) is 0. The predicted molar refractivity (Wildman–Crippen MR) is 74.6 cm³/mol. The molecule has 92 valence electrons. The van der Waals surface area contributed by atoms with Crippen molar-refractivity contribution in [3.05, 3.63) is 66.4 Å². The molecule has 0 amide bonds. The number of pyridine rings is 2. The largest absolute Gasteiger partial charge is 0.307 e. The van der Waals surface area contributed by atoms with Crippen LogP contribution >= 0.6 is 0 Å². The molecule has 0 aliphatic heterocycles. The summed E-state index contributed by atoms with van der Waals surface area (Å²) in [5.74, 6) is 6.19. The Balaban J connectivity index is 1.65. The fourth-order valence-corrected chi connectivity index (χ4v) is 1.89. The molecular weight excluding hydrogens is 234 g/mol. The lowest BCUT2D eigenvalue weighted by atomic mass is 10.2. The molecule has 3 aromatic heterocycles. The molecule has 3 aromatic rings. The van der Waals surface area contributed by atoms with Crippen molar-refractivity contribution in [3.63, 3.8) is 0 Å². The Kier molecular flexibility index (Phi) is 3.24. The van der Waals surface area contributed by atoms with Crippen LogP contribution in [-0.4, -0.2) is 14.4 Å². The predicted octanol–water partition coefficient (Wildman–Crippen LogP) is 2.71. The Labute approximate surface area is 112 Å². The van der Waals surface area contributed by atoms with E-state index in [0.29, 0.717) is 0 Å². The van der Waals surface area contributed by atoms with Crippen LogP contribution < -0.4 is 0 Å². The molecule has 0 atom stereocenters. The standard InChI is InChI=1S/C16H13N3/c1(7-14-8-3-5-11-17-14)2-9-15-13-19-12-6-4-10-16(19)18-15/h3-6,8,10-13H,2,9H2. The van der Waals surface area contributed by atoms with Crippen LogP contribution in [0.1, 0.15) is 17.8 Å². The maximum Gasteiger partial charge on any atom is 0.136 e.